The predicted octanol–water partition coefficient (Wildman–Crippen LogP) is 2.98. The maximum atomic E-state index is 13.5. The number of alkyl halides is 3. The van der Waals surface area contributed by atoms with Gasteiger partial charge in [0.15, 0.2) is 5.11 Å². The zero-order valence-corrected chi connectivity index (χ0v) is 24.4. The van der Waals surface area contributed by atoms with Crippen molar-refractivity contribution < 1.29 is 35.3 Å². The minimum absolute atomic E-state index is 0.0258. The molecule has 3 rings (SSSR count). The Hall–Kier alpha value is -2.35. The number of nitriles is 1. The van der Waals surface area contributed by atoms with Crippen molar-refractivity contribution in [2.45, 2.75) is 44.8 Å². The zero-order valence-electron chi connectivity index (χ0n) is 22.7. The Morgan fingerprint density at radius 1 is 1.07 bits per heavy atom. The van der Waals surface area contributed by atoms with Crippen LogP contribution in [-0.4, -0.2) is 98.7 Å². The normalized spacial score (nSPS) is 18.9. The molecule has 0 atom stereocenters. The lowest BCUT2D eigenvalue weighted by Crippen LogP contribution is -2.49. The van der Waals surface area contributed by atoms with Gasteiger partial charge < -0.3 is 14.5 Å². The van der Waals surface area contributed by atoms with Gasteiger partial charge in [-0.1, -0.05) is 6.42 Å². The summed E-state index contributed by atoms with van der Waals surface area (Å²) in [4.78, 5) is 18.2. The van der Waals surface area contributed by atoms with E-state index in [-0.39, 0.29) is 24.0 Å². The third-order valence-electron chi connectivity index (χ3n) is 7.03. The summed E-state index contributed by atoms with van der Waals surface area (Å²) in [6.45, 7) is 6.62. The van der Waals surface area contributed by atoms with Crippen LogP contribution in [0.2, 0.25) is 0 Å². The van der Waals surface area contributed by atoms with Crippen molar-refractivity contribution in [3.8, 4) is 6.07 Å². The fourth-order valence-electron chi connectivity index (χ4n) is 4.70. The number of ether oxygens (including phenoxy) is 1. The molecule has 2 fully saturated rings. The van der Waals surface area contributed by atoms with E-state index in [9.17, 15) is 26.4 Å². The van der Waals surface area contributed by atoms with Gasteiger partial charge in [-0.3, -0.25) is 13.9 Å². The molecule has 0 saturated carbocycles. The van der Waals surface area contributed by atoms with Gasteiger partial charge in [0.2, 0.25) is 0 Å². The molecule has 2 saturated heterocycles. The number of piperazine rings is 1. The SMILES string of the molecule is COCCOS(=O)(=O)N1CCN(CCCCCN2C(=S)N(c3ccc(C#N)c(C(F)(F)F)c3)C(=O)C2(C)C)CC1. The first kappa shape index (κ1) is 32.2. The van der Waals surface area contributed by atoms with E-state index < -0.39 is 39.1 Å². The highest BCUT2D eigenvalue weighted by molar-refractivity contribution is 7.84. The number of methoxy groups -OCH3 is 1. The molecule has 1 aromatic rings. The van der Waals surface area contributed by atoms with Crippen molar-refractivity contribution in [2.75, 3.05) is 64.5 Å². The molecule has 2 aliphatic heterocycles. The summed E-state index contributed by atoms with van der Waals surface area (Å²) in [5.74, 6) is -0.436. The molecule has 0 bridgehead atoms. The number of hydrogen-bond donors (Lipinski definition) is 0. The maximum absolute atomic E-state index is 13.5. The quantitative estimate of drug-likeness (QED) is 0.263. The highest BCUT2D eigenvalue weighted by Gasteiger charge is 2.49. The lowest BCUT2D eigenvalue weighted by atomic mass is 10.0. The van der Waals surface area contributed by atoms with Crippen LogP contribution in [0.4, 0.5) is 18.9 Å². The minimum Gasteiger partial charge on any atom is -0.382 e. The van der Waals surface area contributed by atoms with E-state index in [1.54, 1.807) is 18.7 Å². The van der Waals surface area contributed by atoms with Gasteiger partial charge in [0, 0.05) is 39.8 Å². The van der Waals surface area contributed by atoms with Gasteiger partial charge in [-0.05, 0) is 63.7 Å². The van der Waals surface area contributed by atoms with Gasteiger partial charge in [0.25, 0.3) is 5.91 Å². The van der Waals surface area contributed by atoms with Crippen LogP contribution in [0.3, 0.4) is 0 Å². The molecule has 10 nitrogen and oxygen atoms in total. The van der Waals surface area contributed by atoms with Crippen LogP contribution in [0.25, 0.3) is 0 Å². The topological polar surface area (TPSA) is 106 Å². The summed E-state index contributed by atoms with van der Waals surface area (Å²) >= 11 is 5.53. The summed E-state index contributed by atoms with van der Waals surface area (Å²) < 4.78 is 76.0. The third kappa shape index (κ3) is 7.29. The molecule has 0 aliphatic carbocycles. The number of nitrogens with zero attached hydrogens (tertiary/aromatic N) is 5. The number of halogens is 3. The van der Waals surface area contributed by atoms with Crippen molar-refractivity contribution >= 4 is 39.2 Å². The second kappa shape index (κ2) is 13.1. The molecule has 0 radical (unpaired) electrons. The zero-order chi connectivity index (χ0) is 29.7. The third-order valence-corrected chi connectivity index (χ3v) is 8.90. The molecule has 0 spiro atoms. The Bertz CT molecular complexity index is 1230. The van der Waals surface area contributed by atoms with Crippen LogP contribution < -0.4 is 4.90 Å². The number of thiocarbonyl (C=S) groups is 1. The fourth-order valence-corrected chi connectivity index (χ4v) is 6.24. The highest BCUT2D eigenvalue weighted by Crippen LogP contribution is 2.38. The van der Waals surface area contributed by atoms with Crippen molar-refractivity contribution in [3.05, 3.63) is 29.3 Å². The van der Waals surface area contributed by atoms with Gasteiger partial charge in [-0.15, -0.1) is 0 Å². The van der Waals surface area contributed by atoms with E-state index in [0.717, 1.165) is 36.4 Å². The Labute approximate surface area is 238 Å². The number of amides is 1. The Morgan fingerprint density at radius 2 is 1.73 bits per heavy atom. The number of carbonyl (C=O) groups is 1. The van der Waals surface area contributed by atoms with Gasteiger partial charge in [0.1, 0.15) is 5.54 Å². The average molecular weight is 606 g/mol. The van der Waals surface area contributed by atoms with E-state index in [2.05, 4.69) is 4.90 Å². The number of carbonyl (C=O) groups excluding carboxylic acids is 1. The average Bonchev–Trinajstić information content (AvgIpc) is 3.06. The lowest BCUT2D eigenvalue weighted by molar-refractivity contribution is -0.137. The Kier molecular flexibility index (Phi) is 10.5. The fraction of sp³-hybridized carbons (Fsp3) is 0.640. The molecule has 15 heteroatoms. The standard InChI is InChI=1S/C25H34F3N5O5S2/c1-24(2)22(34)33(20-8-7-19(18-29)21(17-20)25(26,27)28)23(39)32(24)10-6-4-5-9-30-11-13-31(14-12-30)40(35,36)38-16-15-37-3/h7-8,17H,4-6,9-16H2,1-3H3. The smallest absolute Gasteiger partial charge is 0.382 e. The van der Waals surface area contributed by atoms with Gasteiger partial charge in [-0.2, -0.15) is 31.2 Å². The molecule has 2 aliphatic rings. The van der Waals surface area contributed by atoms with Crippen LogP contribution in [0.5, 0.6) is 0 Å². The molecule has 0 aromatic heterocycles. The van der Waals surface area contributed by atoms with Crippen molar-refractivity contribution in [3.63, 3.8) is 0 Å². The van der Waals surface area contributed by atoms with Crippen molar-refractivity contribution in [1.82, 2.24) is 14.1 Å². The Balaban J connectivity index is 1.51. The molecule has 0 N–H and O–H groups in total. The largest absolute Gasteiger partial charge is 0.417 e. The van der Waals surface area contributed by atoms with E-state index in [1.165, 1.54) is 23.6 Å². The first-order chi connectivity index (χ1) is 18.7. The van der Waals surface area contributed by atoms with Crippen molar-refractivity contribution in [1.29, 1.82) is 5.26 Å². The molecular weight excluding hydrogens is 571 g/mol. The van der Waals surface area contributed by atoms with E-state index >= 15 is 0 Å². The van der Waals surface area contributed by atoms with Crippen LogP contribution in [-0.2, 0) is 30.2 Å². The number of anilines is 1. The second-order valence-corrected chi connectivity index (χ2v) is 12.0. The molecule has 0 unspecified atom stereocenters. The van der Waals surface area contributed by atoms with Crippen LogP contribution in [0, 0.1) is 11.3 Å². The molecule has 2 heterocycles. The maximum Gasteiger partial charge on any atom is 0.417 e. The van der Waals surface area contributed by atoms with Crippen LogP contribution in [0.15, 0.2) is 18.2 Å². The van der Waals surface area contributed by atoms with Gasteiger partial charge in [-0.25, -0.2) is 0 Å². The molecule has 222 valence electrons. The Morgan fingerprint density at radius 3 is 2.33 bits per heavy atom. The monoisotopic (exact) mass is 605 g/mol. The van der Waals surface area contributed by atoms with E-state index in [0.29, 0.717) is 39.1 Å². The number of hydrogen-bond acceptors (Lipinski definition) is 8. The van der Waals surface area contributed by atoms with E-state index in [1.807, 2.05) is 0 Å². The first-order valence-corrected chi connectivity index (χ1v) is 14.6. The summed E-state index contributed by atoms with van der Waals surface area (Å²) in [5.41, 5.74) is -2.71. The molecular formula is C25H34F3N5O5S2. The van der Waals surface area contributed by atoms with Crippen LogP contribution >= 0.6 is 12.2 Å². The minimum atomic E-state index is -4.75. The summed E-state index contributed by atoms with van der Waals surface area (Å²) in [6.07, 6.45) is -2.38. The number of benzene rings is 1. The lowest BCUT2D eigenvalue weighted by Gasteiger charge is -2.33. The highest BCUT2D eigenvalue weighted by atomic mass is 32.2. The second-order valence-electron chi connectivity index (χ2n) is 10.0. The predicted molar refractivity (Wildman–Crippen MR) is 146 cm³/mol. The number of unbranched alkanes of at least 4 members (excludes halogenated alkanes) is 2. The number of rotatable bonds is 12. The van der Waals surface area contributed by atoms with Crippen molar-refractivity contribution in [2.24, 2.45) is 0 Å². The van der Waals surface area contributed by atoms with E-state index in [4.69, 9.17) is 26.4 Å². The summed E-state index contributed by atoms with van der Waals surface area (Å²) in [5, 5.41) is 9.19. The molecule has 40 heavy (non-hydrogen) atoms. The summed E-state index contributed by atoms with van der Waals surface area (Å²) in [6, 6.07) is 4.68. The van der Waals surface area contributed by atoms with Gasteiger partial charge in [0.05, 0.1) is 36.1 Å². The summed E-state index contributed by atoms with van der Waals surface area (Å²) in [7, 11) is -2.30. The molecule has 1 aromatic carbocycles. The molecule has 1 amide bonds. The van der Waals surface area contributed by atoms with Gasteiger partial charge >= 0.3 is 16.5 Å². The van der Waals surface area contributed by atoms with Crippen LogP contribution in [0.1, 0.15) is 44.2 Å². The first-order valence-electron chi connectivity index (χ1n) is 12.9.